The average Bonchev–Trinajstić information content (AvgIpc) is 1.95. The largest absolute Gasteiger partial charge is 0.481 e. The highest BCUT2D eigenvalue weighted by atomic mass is 16.4. The van der Waals surface area contributed by atoms with Gasteiger partial charge in [-0.25, -0.2) is 0 Å². The Morgan fingerprint density at radius 1 is 1.31 bits per heavy atom. The van der Waals surface area contributed by atoms with Crippen LogP contribution in [0.15, 0.2) is 0 Å². The molecule has 0 aromatic rings. The minimum atomic E-state index is -0.759. The molecule has 3 heteroatoms. The lowest BCUT2D eigenvalue weighted by molar-refractivity contribution is -0.137. The molecule has 3 nitrogen and oxygen atoms in total. The lowest BCUT2D eigenvalue weighted by atomic mass is 9.86. The van der Waals surface area contributed by atoms with E-state index in [1.165, 1.54) is 0 Å². The zero-order valence-corrected chi connectivity index (χ0v) is 8.71. The smallest absolute Gasteiger partial charge is 0.303 e. The molecule has 1 atom stereocenters. The number of aliphatic carboxylic acids is 1. The monoisotopic (exact) mass is 188 g/mol. The first kappa shape index (κ1) is 12.4. The summed E-state index contributed by atoms with van der Waals surface area (Å²) in [5.41, 5.74) is -0.0940. The fourth-order valence-corrected chi connectivity index (χ4v) is 1.05. The summed E-state index contributed by atoms with van der Waals surface area (Å²) in [5, 5.41) is 18.0. The van der Waals surface area contributed by atoms with Crippen molar-refractivity contribution in [3.8, 4) is 0 Å². The fourth-order valence-electron chi connectivity index (χ4n) is 1.05. The summed E-state index contributed by atoms with van der Waals surface area (Å²) >= 11 is 0. The normalized spacial score (nSPS) is 14.2. The first-order valence-corrected chi connectivity index (χ1v) is 4.74. The summed E-state index contributed by atoms with van der Waals surface area (Å²) < 4.78 is 0. The predicted molar refractivity (Wildman–Crippen MR) is 51.6 cm³/mol. The molecule has 0 amide bonds. The molecule has 0 rings (SSSR count). The summed E-state index contributed by atoms with van der Waals surface area (Å²) in [4.78, 5) is 10.2. The Kier molecular flexibility index (Phi) is 4.99. The van der Waals surface area contributed by atoms with Crippen molar-refractivity contribution < 1.29 is 15.0 Å². The third-order valence-electron chi connectivity index (χ3n) is 2.12. The van der Waals surface area contributed by atoms with Gasteiger partial charge in [0.15, 0.2) is 0 Å². The maximum atomic E-state index is 10.2. The van der Waals surface area contributed by atoms with Gasteiger partial charge in [0.2, 0.25) is 0 Å². The van der Waals surface area contributed by atoms with Gasteiger partial charge in [0.1, 0.15) is 0 Å². The summed E-state index contributed by atoms with van der Waals surface area (Å²) in [5.74, 6) is -0.759. The molecule has 0 saturated heterocycles. The molecular formula is C10H20O3. The number of carboxylic acids is 1. The summed E-state index contributed by atoms with van der Waals surface area (Å²) in [6.45, 7) is 5.94. The number of aliphatic hydroxyl groups is 1. The maximum absolute atomic E-state index is 10.2. The third kappa shape index (κ3) is 6.58. The van der Waals surface area contributed by atoms with E-state index in [2.05, 4.69) is 0 Å². The number of carbonyl (C=O) groups is 1. The number of rotatable bonds is 5. The Bertz CT molecular complexity index is 158. The minimum Gasteiger partial charge on any atom is -0.481 e. The van der Waals surface area contributed by atoms with Crippen LogP contribution in [-0.2, 0) is 4.79 Å². The molecule has 0 aliphatic rings. The highest BCUT2D eigenvalue weighted by Crippen LogP contribution is 2.23. The predicted octanol–water partition coefficient (Wildman–Crippen LogP) is 2.04. The van der Waals surface area contributed by atoms with Gasteiger partial charge in [0.05, 0.1) is 6.10 Å². The van der Waals surface area contributed by atoms with Gasteiger partial charge < -0.3 is 10.2 Å². The van der Waals surface area contributed by atoms with Crippen molar-refractivity contribution in [1.29, 1.82) is 0 Å². The molecule has 0 radical (unpaired) electrons. The number of aliphatic hydroxyl groups excluding tert-OH is 1. The van der Waals surface area contributed by atoms with Gasteiger partial charge in [-0.15, -0.1) is 0 Å². The van der Waals surface area contributed by atoms with E-state index in [1.54, 1.807) is 0 Å². The molecule has 0 bridgehead atoms. The molecule has 1 unspecified atom stereocenters. The minimum absolute atomic E-state index is 0.0940. The van der Waals surface area contributed by atoms with E-state index in [1.807, 2.05) is 20.8 Å². The second kappa shape index (κ2) is 5.22. The van der Waals surface area contributed by atoms with E-state index in [-0.39, 0.29) is 17.9 Å². The SMILES string of the molecule is CC(C)(C)C(O)CCCCC(=O)O. The summed E-state index contributed by atoms with van der Waals surface area (Å²) in [6, 6.07) is 0. The molecule has 0 aliphatic heterocycles. The van der Waals surface area contributed by atoms with Gasteiger partial charge in [-0.3, -0.25) is 4.79 Å². The van der Waals surface area contributed by atoms with Gasteiger partial charge in [-0.2, -0.15) is 0 Å². The second-order valence-corrected chi connectivity index (χ2v) is 4.52. The Hall–Kier alpha value is -0.570. The van der Waals surface area contributed by atoms with Gasteiger partial charge in [0, 0.05) is 6.42 Å². The van der Waals surface area contributed by atoms with E-state index in [0.29, 0.717) is 12.8 Å². The molecule has 0 aromatic carbocycles. The van der Waals surface area contributed by atoms with E-state index >= 15 is 0 Å². The van der Waals surface area contributed by atoms with Crippen LogP contribution in [0.5, 0.6) is 0 Å². The molecule has 0 heterocycles. The van der Waals surface area contributed by atoms with Crippen molar-refractivity contribution in [3.05, 3.63) is 0 Å². The molecule has 0 saturated carbocycles. The van der Waals surface area contributed by atoms with Crippen molar-refractivity contribution in [2.45, 2.75) is 52.6 Å². The van der Waals surface area contributed by atoms with Crippen LogP contribution in [0.2, 0.25) is 0 Å². The topological polar surface area (TPSA) is 57.5 Å². The molecular weight excluding hydrogens is 168 g/mol. The Labute approximate surface area is 79.8 Å². The molecule has 78 valence electrons. The van der Waals surface area contributed by atoms with E-state index in [9.17, 15) is 9.90 Å². The first-order valence-electron chi connectivity index (χ1n) is 4.74. The molecule has 13 heavy (non-hydrogen) atoms. The van der Waals surface area contributed by atoms with Crippen LogP contribution in [0.25, 0.3) is 0 Å². The van der Waals surface area contributed by atoms with E-state index in [0.717, 1.165) is 6.42 Å². The van der Waals surface area contributed by atoms with Crippen molar-refractivity contribution in [3.63, 3.8) is 0 Å². The number of unbranched alkanes of at least 4 members (excludes halogenated alkanes) is 1. The first-order chi connectivity index (χ1) is 5.84. The van der Waals surface area contributed by atoms with E-state index < -0.39 is 5.97 Å². The van der Waals surface area contributed by atoms with Gasteiger partial charge in [-0.05, 0) is 18.3 Å². The van der Waals surface area contributed by atoms with Crippen LogP contribution in [0.3, 0.4) is 0 Å². The number of hydrogen-bond acceptors (Lipinski definition) is 2. The summed E-state index contributed by atoms with van der Waals surface area (Å²) in [6.07, 6.45) is 2.00. The summed E-state index contributed by atoms with van der Waals surface area (Å²) in [7, 11) is 0. The zero-order chi connectivity index (χ0) is 10.5. The quantitative estimate of drug-likeness (QED) is 0.649. The third-order valence-corrected chi connectivity index (χ3v) is 2.12. The standard InChI is InChI=1S/C10H20O3/c1-10(2,3)8(11)6-4-5-7-9(12)13/h8,11H,4-7H2,1-3H3,(H,12,13). The molecule has 0 spiro atoms. The van der Waals surface area contributed by atoms with Crippen LogP contribution in [0.4, 0.5) is 0 Å². The van der Waals surface area contributed by atoms with Gasteiger partial charge in [0.25, 0.3) is 0 Å². The second-order valence-electron chi connectivity index (χ2n) is 4.52. The fraction of sp³-hybridized carbons (Fsp3) is 0.900. The highest BCUT2D eigenvalue weighted by Gasteiger charge is 2.21. The van der Waals surface area contributed by atoms with Crippen molar-refractivity contribution in [1.82, 2.24) is 0 Å². The maximum Gasteiger partial charge on any atom is 0.303 e. The Morgan fingerprint density at radius 3 is 2.23 bits per heavy atom. The van der Waals surface area contributed by atoms with Crippen LogP contribution < -0.4 is 0 Å². The molecule has 0 aromatic heterocycles. The Balaban J connectivity index is 3.49. The Morgan fingerprint density at radius 2 is 1.85 bits per heavy atom. The molecule has 0 aliphatic carbocycles. The van der Waals surface area contributed by atoms with Crippen molar-refractivity contribution >= 4 is 5.97 Å². The molecule has 2 N–H and O–H groups in total. The van der Waals surface area contributed by atoms with Crippen molar-refractivity contribution in [2.24, 2.45) is 5.41 Å². The number of hydrogen-bond donors (Lipinski definition) is 2. The highest BCUT2D eigenvalue weighted by molar-refractivity contribution is 5.66. The lowest BCUT2D eigenvalue weighted by Gasteiger charge is -2.25. The average molecular weight is 188 g/mol. The van der Waals surface area contributed by atoms with Gasteiger partial charge >= 0.3 is 5.97 Å². The van der Waals surface area contributed by atoms with Gasteiger partial charge in [-0.1, -0.05) is 27.2 Å². The van der Waals surface area contributed by atoms with Crippen LogP contribution in [-0.4, -0.2) is 22.3 Å². The zero-order valence-electron chi connectivity index (χ0n) is 8.71. The van der Waals surface area contributed by atoms with Crippen LogP contribution >= 0.6 is 0 Å². The lowest BCUT2D eigenvalue weighted by Crippen LogP contribution is -2.25. The van der Waals surface area contributed by atoms with Crippen molar-refractivity contribution in [2.75, 3.05) is 0 Å². The van der Waals surface area contributed by atoms with E-state index in [4.69, 9.17) is 5.11 Å². The van der Waals surface area contributed by atoms with Crippen LogP contribution in [0, 0.1) is 5.41 Å². The molecule has 0 fully saturated rings. The van der Waals surface area contributed by atoms with Crippen LogP contribution in [0.1, 0.15) is 46.5 Å². The number of carboxylic acid groups (broad SMARTS) is 1.